The lowest BCUT2D eigenvalue weighted by molar-refractivity contribution is 0.205. The van der Waals surface area contributed by atoms with Crippen molar-refractivity contribution in [2.75, 3.05) is 20.6 Å². The molecule has 6 nitrogen and oxygen atoms in total. The number of nitrogens with zero attached hydrogens (tertiary/aromatic N) is 4. The first-order valence-corrected chi connectivity index (χ1v) is 9.71. The third-order valence-electron chi connectivity index (χ3n) is 4.83. The number of rotatable bonds is 6. The molecule has 0 bridgehead atoms. The van der Waals surface area contributed by atoms with Gasteiger partial charge in [-0.3, -0.25) is 9.58 Å². The highest BCUT2D eigenvalue weighted by Crippen LogP contribution is 2.17. The Labute approximate surface area is 162 Å². The molecular weight excluding hydrogens is 338 g/mol. The van der Waals surface area contributed by atoms with Gasteiger partial charge in [0.2, 0.25) is 0 Å². The molecule has 1 aromatic carbocycles. The molecule has 6 heteroatoms. The van der Waals surface area contributed by atoms with Crippen LogP contribution in [-0.4, -0.2) is 46.3 Å². The van der Waals surface area contributed by atoms with Crippen LogP contribution >= 0.6 is 0 Å². The summed E-state index contributed by atoms with van der Waals surface area (Å²) in [5.74, 6) is 0.690. The van der Waals surface area contributed by atoms with Crippen LogP contribution in [0, 0.1) is 5.92 Å². The molecule has 2 amide bonds. The van der Waals surface area contributed by atoms with E-state index in [0.717, 1.165) is 38.3 Å². The molecule has 2 heterocycles. The SMILES string of the molecule is CC(C)Cc1ccc(CN2CCn3nc(CNC(=O)N(C)C)cc3C2)cc1. The molecule has 0 unspecified atom stereocenters. The number of urea groups is 1. The van der Waals surface area contributed by atoms with E-state index in [1.807, 2.05) is 0 Å². The zero-order valence-corrected chi connectivity index (χ0v) is 16.9. The average Bonchev–Trinajstić information content (AvgIpc) is 3.03. The summed E-state index contributed by atoms with van der Waals surface area (Å²) >= 11 is 0. The highest BCUT2D eigenvalue weighted by molar-refractivity contribution is 5.73. The van der Waals surface area contributed by atoms with Crippen molar-refractivity contribution in [1.29, 1.82) is 0 Å². The van der Waals surface area contributed by atoms with Gasteiger partial charge in [-0.05, 0) is 29.5 Å². The van der Waals surface area contributed by atoms with Crippen molar-refractivity contribution in [3.8, 4) is 0 Å². The van der Waals surface area contributed by atoms with Crippen LogP contribution in [0.2, 0.25) is 0 Å². The van der Waals surface area contributed by atoms with Crippen LogP contribution in [0.4, 0.5) is 4.79 Å². The zero-order valence-electron chi connectivity index (χ0n) is 16.9. The van der Waals surface area contributed by atoms with Crippen molar-refractivity contribution in [2.24, 2.45) is 5.92 Å². The normalized spacial score (nSPS) is 14.3. The van der Waals surface area contributed by atoms with Gasteiger partial charge in [-0.1, -0.05) is 38.1 Å². The van der Waals surface area contributed by atoms with E-state index < -0.39 is 0 Å². The maximum atomic E-state index is 11.7. The molecule has 0 atom stereocenters. The van der Waals surface area contributed by atoms with E-state index in [4.69, 9.17) is 0 Å². The fourth-order valence-corrected chi connectivity index (χ4v) is 3.44. The van der Waals surface area contributed by atoms with Gasteiger partial charge in [-0.2, -0.15) is 5.10 Å². The van der Waals surface area contributed by atoms with Crippen LogP contribution in [0.5, 0.6) is 0 Å². The highest BCUT2D eigenvalue weighted by atomic mass is 16.2. The highest BCUT2D eigenvalue weighted by Gasteiger charge is 2.19. The van der Waals surface area contributed by atoms with Crippen molar-refractivity contribution in [1.82, 2.24) is 24.9 Å². The van der Waals surface area contributed by atoms with Crippen LogP contribution in [0.1, 0.15) is 36.4 Å². The average molecular weight is 370 g/mol. The fourth-order valence-electron chi connectivity index (χ4n) is 3.44. The maximum Gasteiger partial charge on any atom is 0.317 e. The molecule has 2 aromatic rings. The van der Waals surface area contributed by atoms with Gasteiger partial charge in [0.25, 0.3) is 0 Å². The first-order valence-electron chi connectivity index (χ1n) is 9.71. The topological polar surface area (TPSA) is 53.4 Å². The molecule has 27 heavy (non-hydrogen) atoms. The summed E-state index contributed by atoms with van der Waals surface area (Å²) < 4.78 is 2.07. The number of aromatic nitrogens is 2. The van der Waals surface area contributed by atoms with E-state index in [9.17, 15) is 4.79 Å². The van der Waals surface area contributed by atoms with Crippen LogP contribution in [0.15, 0.2) is 30.3 Å². The van der Waals surface area contributed by atoms with Gasteiger partial charge in [0.1, 0.15) is 0 Å². The number of carbonyl (C=O) groups excluding carboxylic acids is 1. The van der Waals surface area contributed by atoms with Crippen molar-refractivity contribution in [2.45, 2.75) is 46.4 Å². The Morgan fingerprint density at radius 3 is 2.56 bits per heavy atom. The Morgan fingerprint density at radius 1 is 1.19 bits per heavy atom. The predicted octanol–water partition coefficient (Wildman–Crippen LogP) is 2.87. The Morgan fingerprint density at radius 2 is 1.89 bits per heavy atom. The molecule has 0 saturated heterocycles. The molecule has 1 aromatic heterocycles. The van der Waals surface area contributed by atoms with E-state index in [-0.39, 0.29) is 6.03 Å². The second kappa shape index (κ2) is 8.57. The number of amides is 2. The van der Waals surface area contributed by atoms with E-state index in [2.05, 4.69) is 64.2 Å². The summed E-state index contributed by atoms with van der Waals surface area (Å²) in [6.07, 6.45) is 1.14. The largest absolute Gasteiger partial charge is 0.332 e. The molecule has 0 spiro atoms. The third-order valence-corrected chi connectivity index (χ3v) is 4.83. The predicted molar refractivity (Wildman–Crippen MR) is 107 cm³/mol. The van der Waals surface area contributed by atoms with Gasteiger partial charge < -0.3 is 10.2 Å². The summed E-state index contributed by atoms with van der Waals surface area (Å²) in [4.78, 5) is 15.7. The van der Waals surface area contributed by atoms with Gasteiger partial charge in [0.05, 0.1) is 24.5 Å². The molecule has 1 aliphatic heterocycles. The summed E-state index contributed by atoms with van der Waals surface area (Å²) in [5, 5.41) is 7.49. The second-order valence-electron chi connectivity index (χ2n) is 8.03. The third kappa shape index (κ3) is 5.32. The van der Waals surface area contributed by atoms with Crippen LogP contribution in [0.3, 0.4) is 0 Å². The Balaban J connectivity index is 1.55. The molecule has 0 saturated carbocycles. The number of carbonyl (C=O) groups is 1. The molecule has 0 radical (unpaired) electrons. The van der Waals surface area contributed by atoms with E-state index in [1.54, 1.807) is 14.1 Å². The van der Waals surface area contributed by atoms with E-state index >= 15 is 0 Å². The lowest BCUT2D eigenvalue weighted by Gasteiger charge is -2.27. The molecular formula is C21H31N5O. The number of hydrogen-bond acceptors (Lipinski definition) is 3. The molecule has 146 valence electrons. The Hall–Kier alpha value is -2.34. The zero-order chi connectivity index (χ0) is 19.4. The fraction of sp³-hybridized carbons (Fsp3) is 0.524. The lowest BCUT2D eigenvalue weighted by atomic mass is 10.0. The van der Waals surface area contributed by atoms with Gasteiger partial charge in [-0.15, -0.1) is 0 Å². The smallest absolute Gasteiger partial charge is 0.317 e. The van der Waals surface area contributed by atoms with Gasteiger partial charge >= 0.3 is 6.03 Å². The van der Waals surface area contributed by atoms with Crippen LogP contribution in [0.25, 0.3) is 0 Å². The summed E-state index contributed by atoms with van der Waals surface area (Å²) in [5.41, 5.74) is 4.90. The minimum atomic E-state index is -0.0940. The number of fused-ring (bicyclic) bond motifs is 1. The molecule has 3 rings (SSSR count). The Kier molecular flexibility index (Phi) is 6.16. The second-order valence-corrected chi connectivity index (χ2v) is 8.03. The van der Waals surface area contributed by atoms with Crippen molar-refractivity contribution < 1.29 is 4.79 Å². The summed E-state index contributed by atoms with van der Waals surface area (Å²) in [7, 11) is 3.47. The first-order chi connectivity index (χ1) is 12.9. The maximum absolute atomic E-state index is 11.7. The number of benzene rings is 1. The molecule has 1 aliphatic rings. The number of nitrogens with one attached hydrogen (secondary N) is 1. The lowest BCUT2D eigenvalue weighted by Crippen LogP contribution is -2.34. The molecule has 1 N–H and O–H groups in total. The van der Waals surface area contributed by atoms with Gasteiger partial charge in [-0.25, -0.2) is 4.79 Å². The monoisotopic (exact) mass is 369 g/mol. The minimum Gasteiger partial charge on any atom is -0.332 e. The van der Waals surface area contributed by atoms with Crippen LogP contribution < -0.4 is 5.32 Å². The van der Waals surface area contributed by atoms with Gasteiger partial charge in [0, 0.05) is 33.7 Å². The van der Waals surface area contributed by atoms with E-state index in [0.29, 0.717) is 12.5 Å². The van der Waals surface area contributed by atoms with Crippen molar-refractivity contribution in [3.05, 3.63) is 52.8 Å². The quantitative estimate of drug-likeness (QED) is 0.852. The minimum absolute atomic E-state index is 0.0940. The first kappa shape index (κ1) is 19.4. The molecule has 0 fully saturated rings. The molecule has 0 aliphatic carbocycles. The summed E-state index contributed by atoms with van der Waals surface area (Å²) in [6, 6.07) is 11.0. The summed E-state index contributed by atoms with van der Waals surface area (Å²) in [6.45, 7) is 8.71. The van der Waals surface area contributed by atoms with Crippen LogP contribution in [-0.2, 0) is 32.6 Å². The van der Waals surface area contributed by atoms with Crippen molar-refractivity contribution in [3.63, 3.8) is 0 Å². The Bertz CT molecular complexity index is 763. The number of hydrogen-bond donors (Lipinski definition) is 1. The van der Waals surface area contributed by atoms with E-state index in [1.165, 1.54) is 21.7 Å². The standard InChI is InChI=1S/C21H31N5O/c1-16(2)11-17-5-7-18(8-6-17)14-25-9-10-26-20(15-25)12-19(23-26)13-22-21(27)24(3)4/h5-8,12,16H,9-11,13-15H2,1-4H3,(H,22,27). The van der Waals surface area contributed by atoms with Crippen molar-refractivity contribution >= 4 is 6.03 Å². The van der Waals surface area contributed by atoms with Gasteiger partial charge in [0.15, 0.2) is 0 Å².